The molecular formula is C20H24BrN5O. The van der Waals surface area contributed by atoms with Crippen molar-refractivity contribution in [2.45, 2.75) is 27.3 Å². The topological polar surface area (TPSA) is 62.5 Å². The molecule has 3 aromatic rings. The molecule has 0 radical (unpaired) electrons. The van der Waals surface area contributed by atoms with Crippen molar-refractivity contribution in [1.82, 2.24) is 19.9 Å². The van der Waals surface area contributed by atoms with Crippen LogP contribution in [0.1, 0.15) is 25.0 Å². The Bertz CT molecular complexity index is 916. The summed E-state index contributed by atoms with van der Waals surface area (Å²) in [6, 6.07) is 10.2. The second-order valence-corrected chi connectivity index (χ2v) is 7.29. The number of anilines is 1. The summed E-state index contributed by atoms with van der Waals surface area (Å²) in [6.07, 6.45) is 3.44. The van der Waals surface area contributed by atoms with Gasteiger partial charge in [0, 0.05) is 30.3 Å². The van der Waals surface area contributed by atoms with Crippen LogP contribution in [-0.2, 0) is 11.3 Å². The van der Waals surface area contributed by atoms with E-state index < -0.39 is 0 Å². The molecule has 0 bridgehead atoms. The molecule has 0 unspecified atom stereocenters. The Labute approximate surface area is 167 Å². The van der Waals surface area contributed by atoms with Gasteiger partial charge in [0.25, 0.3) is 0 Å². The molecule has 142 valence electrons. The monoisotopic (exact) mass is 429 g/mol. The number of hydrogen-bond donors (Lipinski definition) is 1. The molecule has 3 heterocycles. The maximum atomic E-state index is 12.3. The molecule has 1 N–H and O–H groups in total. The van der Waals surface area contributed by atoms with Gasteiger partial charge in [-0.15, -0.1) is 0 Å². The smallest absolute Gasteiger partial charge is 0.226 e. The average molecular weight is 430 g/mol. The number of nitrogens with one attached hydrogen (secondary N) is 1. The molecule has 1 aromatic carbocycles. The number of carbonyl (C=O) groups excluding carboxylic acids is 1. The third kappa shape index (κ3) is 4.30. The summed E-state index contributed by atoms with van der Waals surface area (Å²) < 4.78 is 2.75. The van der Waals surface area contributed by atoms with Crippen molar-refractivity contribution < 1.29 is 4.79 Å². The number of hydrogen-bond acceptors (Lipinski definition) is 4. The van der Waals surface area contributed by atoms with Crippen molar-refractivity contribution in [3.05, 3.63) is 58.5 Å². The molecular weight excluding hydrogens is 406 g/mol. The Hall–Kier alpha value is -2.41. The predicted octanol–water partition coefficient (Wildman–Crippen LogP) is 3.58. The molecule has 0 spiro atoms. The molecule has 6 nitrogen and oxygen atoms in total. The average Bonchev–Trinajstić information content (AvgIpc) is 3.03. The van der Waals surface area contributed by atoms with E-state index in [1.54, 1.807) is 10.8 Å². The number of rotatable bonds is 4. The lowest BCUT2D eigenvalue weighted by molar-refractivity contribution is -0.125. The normalized spacial score (nSPS) is 13.7. The number of aromatic nitrogens is 3. The fourth-order valence-corrected chi connectivity index (χ4v) is 3.40. The van der Waals surface area contributed by atoms with Crippen molar-refractivity contribution in [2.24, 2.45) is 5.92 Å². The van der Waals surface area contributed by atoms with Crippen LogP contribution in [0.3, 0.4) is 0 Å². The first kappa shape index (κ1) is 19.4. The lowest BCUT2D eigenvalue weighted by Gasteiger charge is -2.39. The molecule has 4 rings (SSSR count). The van der Waals surface area contributed by atoms with Gasteiger partial charge in [-0.3, -0.25) is 4.79 Å². The van der Waals surface area contributed by atoms with Crippen LogP contribution in [0.25, 0.3) is 5.52 Å². The molecule has 0 aliphatic carbocycles. The van der Waals surface area contributed by atoms with E-state index in [2.05, 4.69) is 55.3 Å². The molecule has 1 aliphatic heterocycles. The molecule has 0 atom stereocenters. The first-order valence-corrected chi connectivity index (χ1v) is 9.96. The zero-order valence-corrected chi connectivity index (χ0v) is 17.4. The Kier molecular flexibility index (Phi) is 6.11. The highest BCUT2D eigenvalue weighted by molar-refractivity contribution is 9.10. The van der Waals surface area contributed by atoms with E-state index in [1.165, 1.54) is 5.56 Å². The Morgan fingerprint density at radius 3 is 2.67 bits per heavy atom. The lowest BCUT2D eigenvalue weighted by Crippen LogP contribution is -2.54. The van der Waals surface area contributed by atoms with Crippen molar-refractivity contribution in [2.75, 3.05) is 18.0 Å². The number of aryl methyl sites for hydroxylation is 1. The van der Waals surface area contributed by atoms with Crippen molar-refractivity contribution in [1.29, 1.82) is 0 Å². The number of halogens is 1. The molecule has 2 aromatic heterocycles. The highest BCUT2D eigenvalue weighted by atomic mass is 79.9. The van der Waals surface area contributed by atoms with Crippen LogP contribution in [0, 0.1) is 12.8 Å². The van der Waals surface area contributed by atoms with Crippen molar-refractivity contribution in [3.63, 3.8) is 0 Å². The molecule has 1 saturated heterocycles. The molecule has 7 heteroatoms. The van der Waals surface area contributed by atoms with Crippen LogP contribution in [0.15, 0.2) is 47.3 Å². The maximum Gasteiger partial charge on any atom is 0.226 e. The lowest BCUT2D eigenvalue weighted by atomic mass is 9.99. The largest absolute Gasteiger partial charge is 0.353 e. The van der Waals surface area contributed by atoms with E-state index in [1.807, 2.05) is 38.2 Å². The molecule has 27 heavy (non-hydrogen) atoms. The molecule has 1 amide bonds. The second-order valence-electron chi connectivity index (χ2n) is 6.38. The standard InChI is InChI=1S/C18H18BrN5O.C2H6/c1-12-2-4-13(5-3-12)7-20-18(25)14-8-23(9-14)17-16-6-15(19)10-24(16)22-11-21-17;1-2/h2-6,10-11,14H,7-9H2,1H3,(H,20,25);1-2H3. The first-order chi connectivity index (χ1) is 13.1. The number of fused-ring (bicyclic) bond motifs is 1. The van der Waals surface area contributed by atoms with E-state index >= 15 is 0 Å². The van der Waals surface area contributed by atoms with Gasteiger partial charge in [-0.25, -0.2) is 9.50 Å². The third-order valence-electron chi connectivity index (χ3n) is 4.49. The van der Waals surface area contributed by atoms with Crippen LogP contribution >= 0.6 is 15.9 Å². The number of amides is 1. The quantitative estimate of drug-likeness (QED) is 0.688. The highest BCUT2D eigenvalue weighted by Gasteiger charge is 2.34. The van der Waals surface area contributed by atoms with E-state index in [4.69, 9.17) is 0 Å². The first-order valence-electron chi connectivity index (χ1n) is 9.17. The van der Waals surface area contributed by atoms with E-state index in [-0.39, 0.29) is 11.8 Å². The van der Waals surface area contributed by atoms with Gasteiger partial charge in [-0.1, -0.05) is 43.7 Å². The van der Waals surface area contributed by atoms with Gasteiger partial charge in [0.05, 0.1) is 5.92 Å². The Morgan fingerprint density at radius 1 is 1.26 bits per heavy atom. The molecule has 0 saturated carbocycles. The van der Waals surface area contributed by atoms with Gasteiger partial charge in [0.15, 0.2) is 5.82 Å². The van der Waals surface area contributed by atoms with Crippen LogP contribution in [-0.4, -0.2) is 33.6 Å². The number of benzene rings is 1. The summed E-state index contributed by atoms with van der Waals surface area (Å²) in [5.74, 6) is 0.959. The minimum Gasteiger partial charge on any atom is -0.353 e. The van der Waals surface area contributed by atoms with Gasteiger partial charge >= 0.3 is 0 Å². The third-order valence-corrected chi connectivity index (χ3v) is 4.93. The van der Waals surface area contributed by atoms with E-state index in [0.717, 1.165) is 21.4 Å². The van der Waals surface area contributed by atoms with Gasteiger partial charge in [-0.05, 0) is 34.5 Å². The van der Waals surface area contributed by atoms with Gasteiger partial charge in [0.1, 0.15) is 11.8 Å². The van der Waals surface area contributed by atoms with Crippen LogP contribution < -0.4 is 10.2 Å². The summed E-state index contributed by atoms with van der Waals surface area (Å²) in [5, 5.41) is 7.22. The Morgan fingerprint density at radius 2 is 1.96 bits per heavy atom. The summed E-state index contributed by atoms with van der Waals surface area (Å²) in [7, 11) is 0. The van der Waals surface area contributed by atoms with Crippen molar-refractivity contribution in [3.8, 4) is 0 Å². The zero-order chi connectivity index (χ0) is 19.4. The minimum absolute atomic E-state index is 0.00105. The van der Waals surface area contributed by atoms with Gasteiger partial charge in [-0.2, -0.15) is 5.10 Å². The summed E-state index contributed by atoms with van der Waals surface area (Å²) in [6.45, 7) is 7.97. The number of carbonyl (C=O) groups is 1. The zero-order valence-electron chi connectivity index (χ0n) is 15.8. The molecule has 1 fully saturated rings. The number of nitrogens with zero attached hydrogens (tertiary/aromatic N) is 4. The van der Waals surface area contributed by atoms with Gasteiger partial charge < -0.3 is 10.2 Å². The predicted molar refractivity (Wildman–Crippen MR) is 111 cm³/mol. The summed E-state index contributed by atoms with van der Waals surface area (Å²) in [5.41, 5.74) is 3.27. The fraction of sp³-hybridized carbons (Fsp3) is 0.350. The van der Waals surface area contributed by atoms with Crippen molar-refractivity contribution >= 4 is 33.2 Å². The fourth-order valence-electron chi connectivity index (χ4n) is 2.99. The van der Waals surface area contributed by atoms with Crippen LogP contribution in [0.5, 0.6) is 0 Å². The SMILES string of the molecule is CC.Cc1ccc(CNC(=O)C2CN(c3ncnn4cc(Br)cc34)C2)cc1. The minimum atomic E-state index is -0.00105. The molecule has 1 aliphatic rings. The van der Waals surface area contributed by atoms with E-state index in [0.29, 0.717) is 19.6 Å². The summed E-state index contributed by atoms with van der Waals surface area (Å²) in [4.78, 5) is 18.8. The highest BCUT2D eigenvalue weighted by Crippen LogP contribution is 2.28. The van der Waals surface area contributed by atoms with Crippen LogP contribution in [0.4, 0.5) is 5.82 Å². The van der Waals surface area contributed by atoms with E-state index in [9.17, 15) is 4.79 Å². The maximum absolute atomic E-state index is 12.3. The van der Waals surface area contributed by atoms with Gasteiger partial charge in [0.2, 0.25) is 5.91 Å². The van der Waals surface area contributed by atoms with Crippen LogP contribution in [0.2, 0.25) is 0 Å². The Balaban J connectivity index is 0.00000102. The second kappa shape index (κ2) is 8.52. The summed E-state index contributed by atoms with van der Waals surface area (Å²) >= 11 is 3.46.